The van der Waals surface area contributed by atoms with Gasteiger partial charge in [0.05, 0.1) is 5.52 Å². The van der Waals surface area contributed by atoms with Crippen molar-refractivity contribution in [3.63, 3.8) is 0 Å². The molecule has 2 rings (SSSR count). The number of pyridine rings is 1. The van der Waals surface area contributed by atoms with Gasteiger partial charge in [0.15, 0.2) is 0 Å². The zero-order valence-electron chi connectivity index (χ0n) is 7.95. The van der Waals surface area contributed by atoms with E-state index in [1.54, 1.807) is 13.1 Å². The second kappa shape index (κ2) is 3.58. The first kappa shape index (κ1) is 8.88. The molecule has 0 unspecified atom stereocenters. The number of ketones is 1. The topological polar surface area (TPSA) is 30.0 Å². The van der Waals surface area contributed by atoms with Crippen molar-refractivity contribution in [2.45, 2.75) is 13.3 Å². The maximum atomic E-state index is 10.9. The Morgan fingerprint density at radius 1 is 1.57 bits per heavy atom. The molecule has 0 aliphatic rings. The van der Waals surface area contributed by atoms with Gasteiger partial charge in [-0.3, -0.25) is 9.78 Å². The minimum Gasteiger partial charge on any atom is -0.300 e. The second-order valence-corrected chi connectivity index (χ2v) is 3.34. The number of rotatable bonds is 2. The number of hydrogen-bond donors (Lipinski definition) is 0. The van der Waals surface area contributed by atoms with Crippen molar-refractivity contribution in [1.82, 2.24) is 4.98 Å². The molecule has 0 fully saturated rings. The number of aromatic nitrogens is 1. The monoisotopic (exact) mass is 184 g/mol. The molecule has 0 N–H and O–H groups in total. The second-order valence-electron chi connectivity index (χ2n) is 3.34. The SMILES string of the molecule is CC(=O)Cc1cnc2cc[c]cc2c1. The Hall–Kier alpha value is -1.70. The van der Waals surface area contributed by atoms with Crippen molar-refractivity contribution in [2.24, 2.45) is 0 Å². The molecule has 0 aliphatic heterocycles. The van der Waals surface area contributed by atoms with Gasteiger partial charge < -0.3 is 0 Å². The lowest BCUT2D eigenvalue weighted by Crippen LogP contribution is -1.96. The first-order valence-corrected chi connectivity index (χ1v) is 4.50. The van der Waals surface area contributed by atoms with Crippen molar-refractivity contribution in [3.8, 4) is 0 Å². The van der Waals surface area contributed by atoms with E-state index in [0.29, 0.717) is 6.42 Å². The van der Waals surface area contributed by atoms with Crippen LogP contribution in [0, 0.1) is 6.07 Å². The van der Waals surface area contributed by atoms with Crippen LogP contribution in [-0.2, 0) is 11.2 Å². The van der Waals surface area contributed by atoms with Crippen LogP contribution in [-0.4, -0.2) is 10.8 Å². The Kier molecular flexibility index (Phi) is 2.27. The summed E-state index contributed by atoms with van der Waals surface area (Å²) in [5, 5.41) is 1.03. The normalized spacial score (nSPS) is 10.4. The number of hydrogen-bond acceptors (Lipinski definition) is 2. The Morgan fingerprint density at radius 3 is 3.21 bits per heavy atom. The van der Waals surface area contributed by atoms with Crippen LogP contribution >= 0.6 is 0 Å². The lowest BCUT2D eigenvalue weighted by Gasteiger charge is -1.99. The molecule has 1 heterocycles. The molecule has 69 valence electrons. The molecule has 1 aromatic carbocycles. The summed E-state index contributed by atoms with van der Waals surface area (Å²) in [7, 11) is 0. The van der Waals surface area contributed by atoms with Crippen LogP contribution < -0.4 is 0 Å². The maximum Gasteiger partial charge on any atom is 0.134 e. The number of Topliss-reactive ketones (excluding diaryl/α,β-unsaturated/α-hetero) is 1. The highest BCUT2D eigenvalue weighted by Crippen LogP contribution is 2.12. The van der Waals surface area contributed by atoms with E-state index in [-0.39, 0.29) is 5.78 Å². The van der Waals surface area contributed by atoms with Crippen molar-refractivity contribution >= 4 is 16.7 Å². The smallest absolute Gasteiger partial charge is 0.134 e. The average Bonchev–Trinajstić information content (AvgIpc) is 2.17. The largest absolute Gasteiger partial charge is 0.300 e. The summed E-state index contributed by atoms with van der Waals surface area (Å²) in [6, 6.07) is 10.6. The number of carbonyl (C=O) groups is 1. The van der Waals surface area contributed by atoms with E-state index in [1.165, 1.54) is 0 Å². The predicted octanol–water partition coefficient (Wildman–Crippen LogP) is 2.17. The van der Waals surface area contributed by atoms with E-state index in [9.17, 15) is 4.79 Å². The maximum absolute atomic E-state index is 10.9. The molecular formula is C12H10NO. The van der Waals surface area contributed by atoms with E-state index in [0.717, 1.165) is 16.5 Å². The quantitative estimate of drug-likeness (QED) is 0.716. The fraction of sp³-hybridized carbons (Fsp3) is 0.167. The van der Waals surface area contributed by atoms with Crippen molar-refractivity contribution < 1.29 is 4.79 Å². The fourth-order valence-electron chi connectivity index (χ4n) is 1.44. The van der Waals surface area contributed by atoms with Crippen molar-refractivity contribution in [1.29, 1.82) is 0 Å². The van der Waals surface area contributed by atoms with E-state index in [1.807, 2.05) is 24.3 Å². The van der Waals surface area contributed by atoms with Gasteiger partial charge in [0, 0.05) is 18.0 Å². The number of nitrogens with zero attached hydrogens (tertiary/aromatic N) is 1. The molecule has 1 radical (unpaired) electrons. The standard InChI is InChI=1S/C12H10NO/c1-9(14)6-10-7-11-4-2-3-5-12(11)13-8-10/h3-5,7-8H,6H2,1H3. The molecule has 0 amide bonds. The van der Waals surface area contributed by atoms with Crippen LogP contribution in [0.25, 0.3) is 10.9 Å². The number of benzene rings is 1. The van der Waals surface area contributed by atoms with E-state index < -0.39 is 0 Å². The van der Waals surface area contributed by atoms with E-state index >= 15 is 0 Å². The van der Waals surface area contributed by atoms with Gasteiger partial charge in [-0.15, -0.1) is 0 Å². The Bertz CT molecular complexity index is 476. The third-order valence-corrected chi connectivity index (χ3v) is 2.04. The minimum absolute atomic E-state index is 0.158. The molecule has 0 bridgehead atoms. The Balaban J connectivity index is 2.46. The van der Waals surface area contributed by atoms with Gasteiger partial charge in [-0.25, -0.2) is 0 Å². The van der Waals surface area contributed by atoms with Crippen LogP contribution in [0.15, 0.2) is 30.5 Å². The van der Waals surface area contributed by atoms with Gasteiger partial charge in [0.1, 0.15) is 5.78 Å². The molecule has 0 atom stereocenters. The first-order valence-electron chi connectivity index (χ1n) is 4.50. The summed E-state index contributed by atoms with van der Waals surface area (Å²) in [6.07, 6.45) is 2.21. The van der Waals surface area contributed by atoms with Gasteiger partial charge >= 0.3 is 0 Å². The summed E-state index contributed by atoms with van der Waals surface area (Å²) < 4.78 is 0. The first-order chi connectivity index (χ1) is 6.75. The molecule has 2 nitrogen and oxygen atoms in total. The Labute approximate surface area is 82.6 Å². The molecule has 2 heteroatoms. The van der Waals surface area contributed by atoms with Gasteiger partial charge in [0.25, 0.3) is 0 Å². The molecule has 2 aromatic rings. The summed E-state index contributed by atoms with van der Waals surface area (Å²) in [5.74, 6) is 0.158. The molecule has 0 aliphatic carbocycles. The van der Waals surface area contributed by atoms with Crippen molar-refractivity contribution in [3.05, 3.63) is 42.1 Å². The fourth-order valence-corrected chi connectivity index (χ4v) is 1.44. The van der Waals surface area contributed by atoms with E-state index in [4.69, 9.17) is 0 Å². The average molecular weight is 184 g/mol. The molecule has 14 heavy (non-hydrogen) atoms. The molecule has 0 saturated heterocycles. The Morgan fingerprint density at radius 2 is 2.43 bits per heavy atom. The lowest BCUT2D eigenvalue weighted by molar-refractivity contribution is -0.116. The van der Waals surface area contributed by atoms with Crippen LogP contribution in [0.5, 0.6) is 0 Å². The van der Waals surface area contributed by atoms with Gasteiger partial charge in [-0.2, -0.15) is 0 Å². The summed E-state index contributed by atoms with van der Waals surface area (Å²) in [5.41, 5.74) is 1.90. The molecule has 0 spiro atoms. The summed E-state index contributed by atoms with van der Waals surface area (Å²) in [4.78, 5) is 15.2. The highest BCUT2D eigenvalue weighted by atomic mass is 16.1. The van der Waals surface area contributed by atoms with Crippen LogP contribution in [0.4, 0.5) is 0 Å². The minimum atomic E-state index is 0.158. The highest BCUT2D eigenvalue weighted by molar-refractivity contribution is 5.82. The molecule has 0 saturated carbocycles. The third-order valence-electron chi connectivity index (χ3n) is 2.04. The predicted molar refractivity (Wildman–Crippen MR) is 55.0 cm³/mol. The van der Waals surface area contributed by atoms with Gasteiger partial charge in [-0.1, -0.05) is 6.07 Å². The van der Waals surface area contributed by atoms with Crippen LogP contribution in [0.2, 0.25) is 0 Å². The van der Waals surface area contributed by atoms with E-state index in [2.05, 4.69) is 11.1 Å². The zero-order valence-corrected chi connectivity index (χ0v) is 7.95. The number of fused-ring (bicyclic) bond motifs is 1. The highest BCUT2D eigenvalue weighted by Gasteiger charge is 1.99. The number of carbonyl (C=O) groups excluding carboxylic acids is 1. The zero-order chi connectivity index (χ0) is 9.97. The summed E-state index contributed by atoms with van der Waals surface area (Å²) in [6.45, 7) is 1.58. The lowest BCUT2D eigenvalue weighted by atomic mass is 10.1. The van der Waals surface area contributed by atoms with Gasteiger partial charge in [-0.05, 0) is 36.8 Å². The summed E-state index contributed by atoms with van der Waals surface area (Å²) >= 11 is 0. The van der Waals surface area contributed by atoms with Crippen LogP contribution in [0.1, 0.15) is 12.5 Å². The van der Waals surface area contributed by atoms with Crippen molar-refractivity contribution in [2.75, 3.05) is 0 Å². The molecule has 1 aromatic heterocycles. The van der Waals surface area contributed by atoms with Crippen LogP contribution in [0.3, 0.4) is 0 Å². The third kappa shape index (κ3) is 1.79. The van der Waals surface area contributed by atoms with Gasteiger partial charge in [0.2, 0.25) is 0 Å². The molecular weight excluding hydrogens is 174 g/mol.